The molecule has 0 radical (unpaired) electrons. The highest BCUT2D eigenvalue weighted by atomic mass is 32.2. The Morgan fingerprint density at radius 3 is 2.06 bits per heavy atom. The first-order valence-corrected chi connectivity index (χ1v) is 12.5. The standard InChI is InChI=1S/C26H24FN3O3S/c1-28-18-25(34(32,33)20-10-6-3-7-11-20)26(31)21-16-22(27)24(17-23(21)28)30-14-12-29(13-15-30)19-8-4-2-5-9-19/h2-11,16-18H,12-15H2,1H3. The average molecular weight is 478 g/mol. The molecule has 0 bridgehead atoms. The number of benzene rings is 3. The Hall–Kier alpha value is -3.65. The van der Waals surface area contributed by atoms with Gasteiger partial charge in [0.1, 0.15) is 10.7 Å². The Bertz CT molecular complexity index is 1510. The van der Waals surface area contributed by atoms with Crippen molar-refractivity contribution in [2.75, 3.05) is 36.0 Å². The summed E-state index contributed by atoms with van der Waals surface area (Å²) in [6.45, 7) is 2.75. The number of aromatic nitrogens is 1. The highest BCUT2D eigenvalue weighted by Crippen LogP contribution is 2.28. The number of hydrogen-bond acceptors (Lipinski definition) is 5. The molecule has 6 nitrogen and oxygen atoms in total. The molecule has 1 fully saturated rings. The van der Waals surface area contributed by atoms with Gasteiger partial charge in [-0.05, 0) is 36.4 Å². The zero-order chi connectivity index (χ0) is 23.9. The third-order valence-electron chi connectivity index (χ3n) is 6.31. The first kappa shape index (κ1) is 22.2. The third kappa shape index (κ3) is 3.84. The maximum atomic E-state index is 15.2. The summed E-state index contributed by atoms with van der Waals surface area (Å²) < 4.78 is 43.0. The lowest BCUT2D eigenvalue weighted by Crippen LogP contribution is -2.46. The summed E-state index contributed by atoms with van der Waals surface area (Å²) in [5.74, 6) is -0.535. The van der Waals surface area contributed by atoms with E-state index < -0.39 is 21.1 Å². The van der Waals surface area contributed by atoms with Crippen LogP contribution < -0.4 is 15.2 Å². The predicted molar refractivity (Wildman–Crippen MR) is 132 cm³/mol. The van der Waals surface area contributed by atoms with E-state index in [2.05, 4.69) is 17.0 Å². The van der Waals surface area contributed by atoms with E-state index in [0.717, 1.165) is 18.8 Å². The molecule has 5 rings (SSSR count). The fourth-order valence-corrected chi connectivity index (χ4v) is 5.89. The average Bonchev–Trinajstić information content (AvgIpc) is 2.87. The molecule has 1 aliphatic rings. The van der Waals surface area contributed by atoms with Crippen LogP contribution in [0.3, 0.4) is 0 Å². The van der Waals surface area contributed by atoms with Crippen molar-refractivity contribution < 1.29 is 12.8 Å². The van der Waals surface area contributed by atoms with Crippen LogP contribution in [0.5, 0.6) is 0 Å². The van der Waals surface area contributed by atoms with E-state index in [4.69, 9.17) is 0 Å². The molecule has 0 atom stereocenters. The fourth-order valence-electron chi connectivity index (χ4n) is 4.47. The van der Waals surface area contributed by atoms with Crippen molar-refractivity contribution in [2.24, 2.45) is 7.05 Å². The van der Waals surface area contributed by atoms with Gasteiger partial charge in [0, 0.05) is 45.1 Å². The number of fused-ring (bicyclic) bond motifs is 1. The number of sulfone groups is 1. The normalized spacial score (nSPS) is 14.5. The molecular weight excluding hydrogens is 453 g/mol. The number of aryl methyl sites for hydroxylation is 1. The summed E-state index contributed by atoms with van der Waals surface area (Å²) in [6.07, 6.45) is 1.32. The van der Waals surface area contributed by atoms with Crippen LogP contribution in [0.25, 0.3) is 10.9 Å². The van der Waals surface area contributed by atoms with Crippen molar-refractivity contribution >= 4 is 32.1 Å². The van der Waals surface area contributed by atoms with Gasteiger partial charge in [-0.25, -0.2) is 12.8 Å². The van der Waals surface area contributed by atoms with E-state index in [-0.39, 0.29) is 15.2 Å². The zero-order valence-electron chi connectivity index (χ0n) is 18.7. The molecule has 174 valence electrons. The van der Waals surface area contributed by atoms with Crippen LogP contribution in [-0.4, -0.2) is 39.2 Å². The molecule has 3 aromatic carbocycles. The van der Waals surface area contributed by atoms with Crippen molar-refractivity contribution in [3.63, 3.8) is 0 Å². The van der Waals surface area contributed by atoms with Gasteiger partial charge in [0.25, 0.3) is 0 Å². The number of anilines is 2. The molecule has 1 saturated heterocycles. The number of pyridine rings is 1. The van der Waals surface area contributed by atoms with Crippen molar-refractivity contribution in [3.05, 3.63) is 95.0 Å². The second kappa shape index (κ2) is 8.61. The summed E-state index contributed by atoms with van der Waals surface area (Å²) in [6, 6.07) is 20.7. The molecule has 1 aromatic heterocycles. The van der Waals surface area contributed by atoms with Gasteiger partial charge in [-0.2, -0.15) is 0 Å². The minimum absolute atomic E-state index is 0.0276. The van der Waals surface area contributed by atoms with Gasteiger partial charge in [0.15, 0.2) is 0 Å². The number of halogens is 1. The zero-order valence-corrected chi connectivity index (χ0v) is 19.5. The Kier molecular flexibility index (Phi) is 5.61. The molecule has 2 heterocycles. The van der Waals surface area contributed by atoms with Crippen molar-refractivity contribution in [1.82, 2.24) is 4.57 Å². The molecule has 0 amide bonds. The lowest BCUT2D eigenvalue weighted by molar-refractivity contribution is 0.593. The van der Waals surface area contributed by atoms with Gasteiger partial charge in [-0.3, -0.25) is 4.79 Å². The molecule has 0 spiro atoms. The van der Waals surface area contributed by atoms with E-state index in [9.17, 15) is 13.2 Å². The maximum absolute atomic E-state index is 15.2. The highest BCUT2D eigenvalue weighted by Gasteiger charge is 2.25. The quantitative estimate of drug-likeness (QED) is 0.447. The number of piperazine rings is 1. The van der Waals surface area contributed by atoms with Gasteiger partial charge in [0.2, 0.25) is 15.3 Å². The first-order valence-electron chi connectivity index (χ1n) is 11.0. The number of nitrogens with zero attached hydrogens (tertiary/aromatic N) is 3. The Morgan fingerprint density at radius 1 is 0.824 bits per heavy atom. The maximum Gasteiger partial charge on any atom is 0.211 e. The Balaban J connectivity index is 1.50. The molecule has 34 heavy (non-hydrogen) atoms. The van der Waals surface area contributed by atoms with E-state index in [1.54, 1.807) is 35.9 Å². The molecule has 8 heteroatoms. The van der Waals surface area contributed by atoms with Crippen molar-refractivity contribution in [1.29, 1.82) is 0 Å². The number of para-hydroxylation sites is 1. The summed E-state index contributed by atoms with van der Waals surface area (Å²) in [5, 5.41) is 0.0451. The predicted octanol–water partition coefficient (Wildman–Crippen LogP) is 3.84. The number of hydrogen-bond donors (Lipinski definition) is 0. The lowest BCUT2D eigenvalue weighted by atomic mass is 10.1. The van der Waals surface area contributed by atoms with Crippen LogP contribution in [0.2, 0.25) is 0 Å². The van der Waals surface area contributed by atoms with Crippen molar-refractivity contribution in [2.45, 2.75) is 9.79 Å². The monoisotopic (exact) mass is 477 g/mol. The smallest absolute Gasteiger partial charge is 0.211 e. The van der Waals surface area contributed by atoms with Crippen LogP contribution in [0.15, 0.2) is 93.6 Å². The summed E-state index contributed by atoms with van der Waals surface area (Å²) in [4.78, 5) is 17.0. The Labute approximate surface area is 197 Å². The van der Waals surface area contributed by atoms with Gasteiger partial charge in [-0.15, -0.1) is 0 Å². The molecule has 0 N–H and O–H groups in total. The van der Waals surface area contributed by atoms with E-state index >= 15 is 4.39 Å². The van der Waals surface area contributed by atoms with E-state index in [1.807, 2.05) is 23.1 Å². The molecule has 4 aromatic rings. The highest BCUT2D eigenvalue weighted by molar-refractivity contribution is 7.91. The van der Waals surface area contributed by atoms with Gasteiger partial charge >= 0.3 is 0 Å². The minimum Gasteiger partial charge on any atom is -0.368 e. The minimum atomic E-state index is -4.03. The van der Waals surface area contributed by atoms with Crippen molar-refractivity contribution in [3.8, 4) is 0 Å². The van der Waals surface area contributed by atoms with Crippen LogP contribution in [0.1, 0.15) is 0 Å². The van der Waals surface area contributed by atoms with Crippen LogP contribution in [0.4, 0.5) is 15.8 Å². The van der Waals surface area contributed by atoms with Gasteiger partial charge in [-0.1, -0.05) is 36.4 Å². The Morgan fingerprint density at radius 2 is 1.41 bits per heavy atom. The van der Waals surface area contributed by atoms with Crippen LogP contribution >= 0.6 is 0 Å². The van der Waals surface area contributed by atoms with Crippen LogP contribution in [-0.2, 0) is 16.9 Å². The molecule has 1 aliphatic heterocycles. The summed E-state index contributed by atoms with van der Waals surface area (Å²) in [5.41, 5.74) is 1.33. The molecule has 0 aliphatic carbocycles. The largest absolute Gasteiger partial charge is 0.368 e. The molecular formula is C26H24FN3O3S. The van der Waals surface area contributed by atoms with Crippen LogP contribution in [0, 0.1) is 5.82 Å². The van der Waals surface area contributed by atoms with E-state index in [0.29, 0.717) is 24.3 Å². The number of rotatable bonds is 4. The second-order valence-corrected chi connectivity index (χ2v) is 10.3. The topological polar surface area (TPSA) is 62.6 Å². The van der Waals surface area contributed by atoms with Gasteiger partial charge in [0.05, 0.1) is 21.5 Å². The summed E-state index contributed by atoms with van der Waals surface area (Å²) in [7, 11) is -2.36. The fraction of sp³-hybridized carbons (Fsp3) is 0.192. The summed E-state index contributed by atoms with van der Waals surface area (Å²) >= 11 is 0. The molecule has 0 unspecified atom stereocenters. The van der Waals surface area contributed by atoms with Gasteiger partial charge < -0.3 is 14.4 Å². The second-order valence-electron chi connectivity index (χ2n) is 8.38. The third-order valence-corrected chi connectivity index (χ3v) is 8.07. The van der Waals surface area contributed by atoms with E-state index in [1.165, 1.54) is 24.4 Å². The first-order chi connectivity index (χ1) is 16.4. The lowest BCUT2D eigenvalue weighted by Gasteiger charge is -2.37. The molecule has 0 saturated carbocycles. The SMILES string of the molecule is Cn1cc(S(=O)(=O)c2ccccc2)c(=O)c2cc(F)c(N3CCN(c4ccccc4)CC3)cc21.